The summed E-state index contributed by atoms with van der Waals surface area (Å²) in [6.45, 7) is 4.35. The molecule has 3 nitrogen and oxygen atoms in total. The van der Waals surface area contributed by atoms with E-state index in [1.165, 1.54) is 16.8 Å². The molecule has 100 valence electrons. The van der Waals surface area contributed by atoms with Crippen LogP contribution in [0, 0.1) is 0 Å². The third-order valence-electron chi connectivity index (χ3n) is 4.97. The first kappa shape index (κ1) is 11.3. The number of rotatable bonds is 1. The smallest absolute Gasteiger partial charge is 0.223 e. The van der Waals surface area contributed by atoms with Crippen LogP contribution in [0.2, 0.25) is 0 Å². The molecule has 0 saturated carbocycles. The Bertz CT molecular complexity index is 540. The number of hydrogen-bond donors (Lipinski definition) is 0. The SMILES string of the molecule is CC1Cc2cccc3c2N1CCC3N1CCCC1=O. The third kappa shape index (κ3) is 1.54. The summed E-state index contributed by atoms with van der Waals surface area (Å²) in [7, 11) is 0. The van der Waals surface area contributed by atoms with Gasteiger partial charge in [0.2, 0.25) is 5.91 Å². The average molecular weight is 256 g/mol. The lowest BCUT2D eigenvalue weighted by molar-refractivity contribution is -0.130. The number of benzene rings is 1. The van der Waals surface area contributed by atoms with Crippen molar-refractivity contribution in [1.29, 1.82) is 0 Å². The minimum absolute atomic E-state index is 0.325. The van der Waals surface area contributed by atoms with Gasteiger partial charge in [0.05, 0.1) is 6.04 Å². The molecule has 1 aromatic rings. The van der Waals surface area contributed by atoms with Crippen LogP contribution in [0.4, 0.5) is 5.69 Å². The van der Waals surface area contributed by atoms with Crippen molar-refractivity contribution >= 4 is 11.6 Å². The Morgan fingerprint density at radius 2 is 2.11 bits per heavy atom. The molecule has 0 aromatic heterocycles. The summed E-state index contributed by atoms with van der Waals surface area (Å²) in [5, 5.41) is 0. The zero-order chi connectivity index (χ0) is 13.0. The Hall–Kier alpha value is -1.51. The molecule has 2 unspecified atom stereocenters. The molecule has 2 atom stereocenters. The van der Waals surface area contributed by atoms with Crippen molar-refractivity contribution in [2.45, 2.75) is 44.7 Å². The first-order valence-corrected chi connectivity index (χ1v) is 7.43. The van der Waals surface area contributed by atoms with E-state index in [4.69, 9.17) is 0 Å². The van der Waals surface area contributed by atoms with E-state index in [1.54, 1.807) is 0 Å². The second kappa shape index (κ2) is 3.99. The molecule has 0 aliphatic carbocycles. The van der Waals surface area contributed by atoms with Gasteiger partial charge in [-0.2, -0.15) is 0 Å². The van der Waals surface area contributed by atoms with Gasteiger partial charge in [-0.1, -0.05) is 18.2 Å². The Labute approximate surface area is 114 Å². The molecule has 0 N–H and O–H groups in total. The number of likely N-dealkylation sites (tertiary alicyclic amines) is 1. The summed E-state index contributed by atoms with van der Waals surface area (Å²) in [5.41, 5.74) is 4.30. The highest BCUT2D eigenvalue weighted by Gasteiger charge is 2.38. The van der Waals surface area contributed by atoms with Crippen molar-refractivity contribution in [3.8, 4) is 0 Å². The number of carbonyl (C=O) groups excluding carboxylic acids is 1. The van der Waals surface area contributed by atoms with Crippen LogP contribution in [0.5, 0.6) is 0 Å². The molecule has 3 aliphatic rings. The Morgan fingerprint density at radius 3 is 2.89 bits per heavy atom. The molecule has 3 heterocycles. The lowest BCUT2D eigenvalue weighted by Gasteiger charge is -2.39. The molecule has 0 bridgehead atoms. The van der Waals surface area contributed by atoms with Gasteiger partial charge in [0.15, 0.2) is 0 Å². The van der Waals surface area contributed by atoms with Gasteiger partial charge in [0.1, 0.15) is 0 Å². The van der Waals surface area contributed by atoms with Gasteiger partial charge in [-0.25, -0.2) is 0 Å². The van der Waals surface area contributed by atoms with Crippen molar-refractivity contribution in [3.63, 3.8) is 0 Å². The van der Waals surface area contributed by atoms with Gasteiger partial charge < -0.3 is 9.80 Å². The van der Waals surface area contributed by atoms with E-state index in [-0.39, 0.29) is 0 Å². The number of carbonyl (C=O) groups is 1. The van der Waals surface area contributed by atoms with Gasteiger partial charge in [-0.15, -0.1) is 0 Å². The first-order chi connectivity index (χ1) is 9.25. The molecule has 1 saturated heterocycles. The predicted molar refractivity (Wildman–Crippen MR) is 75.3 cm³/mol. The first-order valence-electron chi connectivity index (χ1n) is 7.43. The quantitative estimate of drug-likeness (QED) is 0.771. The number of hydrogen-bond acceptors (Lipinski definition) is 2. The van der Waals surface area contributed by atoms with Crippen molar-refractivity contribution in [1.82, 2.24) is 4.90 Å². The summed E-state index contributed by atoms with van der Waals surface area (Å²) in [4.78, 5) is 16.7. The van der Waals surface area contributed by atoms with Crippen LogP contribution in [0.3, 0.4) is 0 Å². The summed E-state index contributed by atoms with van der Waals surface area (Å²) >= 11 is 0. The van der Waals surface area contributed by atoms with Gasteiger partial charge in [-0.3, -0.25) is 4.79 Å². The van der Waals surface area contributed by atoms with E-state index in [9.17, 15) is 4.79 Å². The fourth-order valence-electron chi connectivity index (χ4n) is 4.12. The largest absolute Gasteiger partial charge is 0.368 e. The fraction of sp³-hybridized carbons (Fsp3) is 0.562. The van der Waals surface area contributed by atoms with Crippen LogP contribution in [-0.4, -0.2) is 29.9 Å². The topological polar surface area (TPSA) is 23.6 Å². The Kier molecular flexibility index (Phi) is 2.38. The van der Waals surface area contributed by atoms with Crippen molar-refractivity contribution in [3.05, 3.63) is 29.3 Å². The zero-order valence-corrected chi connectivity index (χ0v) is 11.4. The van der Waals surface area contributed by atoms with Crippen molar-refractivity contribution in [2.24, 2.45) is 0 Å². The summed E-state index contributed by atoms with van der Waals surface area (Å²) < 4.78 is 0. The number of amides is 1. The Balaban J connectivity index is 1.78. The standard InChI is InChI=1S/C16H20N2O/c1-11-10-12-4-2-5-13-14(7-9-17(11)16(12)13)18-8-3-6-15(18)19/h2,4-5,11,14H,3,6-10H2,1H3. The normalized spacial score (nSPS) is 29.0. The molecule has 1 fully saturated rings. The van der Waals surface area contributed by atoms with E-state index < -0.39 is 0 Å². The van der Waals surface area contributed by atoms with Crippen LogP contribution >= 0.6 is 0 Å². The third-order valence-corrected chi connectivity index (χ3v) is 4.97. The molecule has 19 heavy (non-hydrogen) atoms. The molecule has 0 spiro atoms. The number of nitrogens with zero attached hydrogens (tertiary/aromatic N) is 2. The summed E-state index contributed by atoms with van der Waals surface area (Å²) in [5.74, 6) is 0.349. The molecule has 3 aliphatic heterocycles. The minimum Gasteiger partial charge on any atom is -0.368 e. The fourth-order valence-corrected chi connectivity index (χ4v) is 4.12. The Morgan fingerprint density at radius 1 is 1.21 bits per heavy atom. The van der Waals surface area contributed by atoms with Crippen LogP contribution in [0.25, 0.3) is 0 Å². The molecule has 4 rings (SSSR count). The molecule has 1 amide bonds. The zero-order valence-electron chi connectivity index (χ0n) is 11.4. The predicted octanol–water partition coefficient (Wildman–Crippen LogP) is 2.50. The van der Waals surface area contributed by atoms with Crippen LogP contribution in [0.15, 0.2) is 18.2 Å². The minimum atomic E-state index is 0.325. The van der Waals surface area contributed by atoms with Gasteiger partial charge in [0.25, 0.3) is 0 Å². The summed E-state index contributed by atoms with van der Waals surface area (Å²) in [6, 6.07) is 7.60. The lowest BCUT2D eigenvalue weighted by Crippen LogP contribution is -2.40. The maximum absolute atomic E-state index is 12.0. The highest BCUT2D eigenvalue weighted by atomic mass is 16.2. The highest BCUT2D eigenvalue weighted by molar-refractivity contribution is 5.79. The van der Waals surface area contributed by atoms with E-state index in [1.807, 2.05) is 0 Å². The van der Waals surface area contributed by atoms with Gasteiger partial charge >= 0.3 is 0 Å². The van der Waals surface area contributed by atoms with Crippen LogP contribution in [-0.2, 0) is 11.2 Å². The van der Waals surface area contributed by atoms with E-state index in [0.29, 0.717) is 18.0 Å². The molecular weight excluding hydrogens is 236 g/mol. The monoisotopic (exact) mass is 256 g/mol. The maximum atomic E-state index is 12.0. The highest BCUT2D eigenvalue weighted by Crippen LogP contribution is 2.45. The molecule has 3 heteroatoms. The summed E-state index contributed by atoms with van der Waals surface area (Å²) in [6.07, 6.45) is 4.02. The van der Waals surface area contributed by atoms with Crippen LogP contribution < -0.4 is 4.90 Å². The molecule has 1 aromatic carbocycles. The molecule has 0 radical (unpaired) electrons. The van der Waals surface area contributed by atoms with Crippen LogP contribution in [0.1, 0.15) is 43.4 Å². The van der Waals surface area contributed by atoms with Gasteiger partial charge in [-0.05, 0) is 37.3 Å². The average Bonchev–Trinajstić information content (AvgIpc) is 2.96. The van der Waals surface area contributed by atoms with E-state index >= 15 is 0 Å². The lowest BCUT2D eigenvalue weighted by atomic mass is 9.94. The molecular formula is C16H20N2O. The van der Waals surface area contributed by atoms with Gasteiger partial charge in [0, 0.05) is 31.2 Å². The van der Waals surface area contributed by atoms with E-state index in [0.717, 1.165) is 38.8 Å². The van der Waals surface area contributed by atoms with E-state index in [2.05, 4.69) is 34.9 Å². The van der Waals surface area contributed by atoms with Crippen molar-refractivity contribution in [2.75, 3.05) is 18.0 Å². The second-order valence-corrected chi connectivity index (χ2v) is 6.10. The number of anilines is 1. The number of para-hydroxylation sites is 1. The maximum Gasteiger partial charge on any atom is 0.223 e. The van der Waals surface area contributed by atoms with Crippen molar-refractivity contribution < 1.29 is 4.79 Å². The second-order valence-electron chi connectivity index (χ2n) is 6.10.